The summed E-state index contributed by atoms with van der Waals surface area (Å²) in [6.07, 6.45) is 0. The minimum atomic E-state index is -0.264. The lowest BCUT2D eigenvalue weighted by Gasteiger charge is -2.21. The van der Waals surface area contributed by atoms with Crippen LogP contribution in [-0.4, -0.2) is 13.2 Å². The predicted octanol–water partition coefficient (Wildman–Crippen LogP) is 4.50. The molecule has 2 aromatic rings. The number of halogens is 2. The standard InChI is InChI=1S/C13H10Cl2O2S/c14-10-6-12-11(16-2-3-17-12)5-9(10)13(15)8-1-4-18-7-8/h1,4-7,13H,2-3H2. The van der Waals surface area contributed by atoms with Crippen molar-refractivity contribution in [2.24, 2.45) is 0 Å². The van der Waals surface area contributed by atoms with E-state index in [-0.39, 0.29) is 5.38 Å². The van der Waals surface area contributed by atoms with Crippen LogP contribution >= 0.6 is 34.5 Å². The summed E-state index contributed by atoms with van der Waals surface area (Å²) in [6, 6.07) is 5.63. The molecule has 0 amide bonds. The van der Waals surface area contributed by atoms with Gasteiger partial charge in [0.15, 0.2) is 11.5 Å². The SMILES string of the molecule is Clc1cc2c(cc1C(Cl)c1ccsc1)OCCO2. The molecule has 0 saturated heterocycles. The molecule has 0 N–H and O–H groups in total. The van der Waals surface area contributed by atoms with Crippen LogP contribution in [0.3, 0.4) is 0 Å². The Morgan fingerprint density at radius 2 is 1.89 bits per heavy atom. The van der Waals surface area contributed by atoms with Gasteiger partial charge in [-0.15, -0.1) is 11.6 Å². The normalized spacial score (nSPS) is 15.4. The number of ether oxygens (including phenoxy) is 2. The van der Waals surface area contributed by atoms with Crippen molar-refractivity contribution in [3.8, 4) is 11.5 Å². The van der Waals surface area contributed by atoms with Crippen LogP contribution in [0.15, 0.2) is 29.0 Å². The van der Waals surface area contributed by atoms with Crippen molar-refractivity contribution in [2.75, 3.05) is 13.2 Å². The second-order valence-electron chi connectivity index (χ2n) is 3.94. The minimum absolute atomic E-state index is 0.264. The Bertz CT molecular complexity index is 554. The molecule has 0 radical (unpaired) electrons. The average Bonchev–Trinajstić information content (AvgIpc) is 2.91. The number of alkyl halides is 1. The third-order valence-corrected chi connectivity index (χ3v) is 4.29. The van der Waals surface area contributed by atoms with Crippen LogP contribution < -0.4 is 9.47 Å². The molecule has 1 aromatic heterocycles. The predicted molar refractivity (Wildman–Crippen MR) is 74.5 cm³/mol. The van der Waals surface area contributed by atoms with Crippen LogP contribution in [0, 0.1) is 0 Å². The van der Waals surface area contributed by atoms with E-state index in [1.807, 2.05) is 22.9 Å². The second kappa shape index (κ2) is 5.00. The summed E-state index contributed by atoms with van der Waals surface area (Å²) in [5.41, 5.74) is 1.89. The van der Waals surface area contributed by atoms with Gasteiger partial charge in [0.25, 0.3) is 0 Å². The van der Waals surface area contributed by atoms with E-state index in [0.29, 0.717) is 29.7 Å². The van der Waals surface area contributed by atoms with Crippen LogP contribution in [0.25, 0.3) is 0 Å². The van der Waals surface area contributed by atoms with Crippen molar-refractivity contribution in [2.45, 2.75) is 5.38 Å². The molecule has 5 heteroatoms. The van der Waals surface area contributed by atoms with Gasteiger partial charge in [-0.3, -0.25) is 0 Å². The van der Waals surface area contributed by atoms with E-state index in [4.69, 9.17) is 32.7 Å². The maximum Gasteiger partial charge on any atom is 0.162 e. The first-order valence-electron chi connectivity index (χ1n) is 5.51. The van der Waals surface area contributed by atoms with Crippen molar-refractivity contribution in [1.29, 1.82) is 0 Å². The van der Waals surface area contributed by atoms with Gasteiger partial charge in [0.1, 0.15) is 13.2 Å². The molecular formula is C13H10Cl2O2S. The van der Waals surface area contributed by atoms with Crippen LogP contribution in [-0.2, 0) is 0 Å². The Hall–Kier alpha value is -0.900. The molecule has 2 heterocycles. The van der Waals surface area contributed by atoms with Crippen molar-refractivity contribution in [3.05, 3.63) is 45.1 Å². The summed E-state index contributed by atoms with van der Waals surface area (Å²) in [4.78, 5) is 0. The summed E-state index contributed by atoms with van der Waals surface area (Å²) in [5.74, 6) is 1.39. The van der Waals surface area contributed by atoms with Crippen molar-refractivity contribution < 1.29 is 9.47 Å². The highest BCUT2D eigenvalue weighted by Gasteiger charge is 2.20. The zero-order chi connectivity index (χ0) is 12.5. The molecule has 1 unspecified atom stereocenters. The number of fused-ring (bicyclic) bond motifs is 1. The molecule has 18 heavy (non-hydrogen) atoms. The molecule has 1 atom stereocenters. The van der Waals surface area contributed by atoms with Crippen molar-refractivity contribution >= 4 is 34.5 Å². The molecule has 0 fully saturated rings. The average molecular weight is 301 g/mol. The Morgan fingerprint density at radius 3 is 2.56 bits per heavy atom. The second-order valence-corrected chi connectivity index (χ2v) is 5.56. The van der Waals surface area contributed by atoms with E-state index in [1.165, 1.54) is 0 Å². The maximum absolute atomic E-state index is 6.45. The van der Waals surface area contributed by atoms with Crippen LogP contribution in [0.1, 0.15) is 16.5 Å². The summed E-state index contributed by atoms with van der Waals surface area (Å²) in [7, 11) is 0. The van der Waals surface area contributed by atoms with Gasteiger partial charge in [0.2, 0.25) is 0 Å². The highest BCUT2D eigenvalue weighted by atomic mass is 35.5. The Balaban J connectivity index is 2.01. The lowest BCUT2D eigenvalue weighted by Crippen LogP contribution is -2.15. The van der Waals surface area contributed by atoms with Gasteiger partial charge in [-0.05, 0) is 34.0 Å². The van der Waals surface area contributed by atoms with Crippen LogP contribution in [0.2, 0.25) is 5.02 Å². The van der Waals surface area contributed by atoms with Gasteiger partial charge in [-0.25, -0.2) is 0 Å². The van der Waals surface area contributed by atoms with Crippen molar-refractivity contribution in [3.63, 3.8) is 0 Å². The largest absolute Gasteiger partial charge is 0.486 e. The highest BCUT2D eigenvalue weighted by Crippen LogP contribution is 2.41. The minimum Gasteiger partial charge on any atom is -0.486 e. The van der Waals surface area contributed by atoms with Gasteiger partial charge >= 0.3 is 0 Å². The Labute approximate surface area is 119 Å². The third kappa shape index (κ3) is 2.18. The maximum atomic E-state index is 6.45. The summed E-state index contributed by atoms with van der Waals surface area (Å²) < 4.78 is 11.0. The van der Waals surface area contributed by atoms with Crippen molar-refractivity contribution in [1.82, 2.24) is 0 Å². The zero-order valence-electron chi connectivity index (χ0n) is 9.36. The van der Waals surface area contributed by atoms with E-state index < -0.39 is 0 Å². The first-order chi connectivity index (χ1) is 8.75. The van der Waals surface area contributed by atoms with E-state index >= 15 is 0 Å². The molecule has 1 aromatic carbocycles. The zero-order valence-corrected chi connectivity index (χ0v) is 11.7. The van der Waals surface area contributed by atoms with Gasteiger partial charge < -0.3 is 9.47 Å². The smallest absolute Gasteiger partial charge is 0.162 e. The molecule has 2 nitrogen and oxygen atoms in total. The fourth-order valence-corrected chi connectivity index (χ4v) is 3.27. The number of benzene rings is 1. The molecule has 3 rings (SSSR count). The number of hydrogen-bond acceptors (Lipinski definition) is 3. The molecule has 1 aliphatic rings. The summed E-state index contributed by atoms with van der Waals surface area (Å²) >= 11 is 14.3. The first kappa shape index (κ1) is 12.2. The fourth-order valence-electron chi connectivity index (χ4n) is 1.87. The quantitative estimate of drug-likeness (QED) is 0.760. The van der Waals surface area contributed by atoms with E-state index in [1.54, 1.807) is 17.4 Å². The lowest BCUT2D eigenvalue weighted by atomic mass is 10.1. The lowest BCUT2D eigenvalue weighted by molar-refractivity contribution is 0.171. The third-order valence-electron chi connectivity index (χ3n) is 2.77. The molecule has 0 spiro atoms. The fraction of sp³-hybridized carbons (Fsp3) is 0.231. The molecule has 0 bridgehead atoms. The molecule has 94 valence electrons. The van der Waals surface area contributed by atoms with Gasteiger partial charge in [0, 0.05) is 11.1 Å². The summed E-state index contributed by atoms with van der Waals surface area (Å²) in [6.45, 7) is 1.11. The van der Waals surface area contributed by atoms with Crippen LogP contribution in [0.4, 0.5) is 0 Å². The molecule has 0 saturated carbocycles. The highest BCUT2D eigenvalue weighted by molar-refractivity contribution is 7.08. The number of thiophene rings is 1. The molecule has 1 aliphatic heterocycles. The van der Waals surface area contributed by atoms with E-state index in [2.05, 4.69) is 0 Å². The van der Waals surface area contributed by atoms with E-state index in [0.717, 1.165) is 11.1 Å². The topological polar surface area (TPSA) is 18.5 Å². The van der Waals surface area contributed by atoms with Gasteiger partial charge in [-0.1, -0.05) is 11.6 Å². The van der Waals surface area contributed by atoms with Crippen LogP contribution in [0.5, 0.6) is 11.5 Å². The number of rotatable bonds is 2. The molecular weight excluding hydrogens is 291 g/mol. The Kier molecular flexibility index (Phi) is 3.37. The van der Waals surface area contributed by atoms with Gasteiger partial charge in [-0.2, -0.15) is 11.3 Å². The number of hydrogen-bond donors (Lipinski definition) is 0. The Morgan fingerprint density at radius 1 is 1.17 bits per heavy atom. The van der Waals surface area contributed by atoms with Gasteiger partial charge in [0.05, 0.1) is 5.38 Å². The first-order valence-corrected chi connectivity index (χ1v) is 7.26. The van der Waals surface area contributed by atoms with E-state index in [9.17, 15) is 0 Å². The molecule has 0 aliphatic carbocycles. The monoisotopic (exact) mass is 300 g/mol. The summed E-state index contributed by atoms with van der Waals surface area (Å²) in [5, 5.41) is 4.35.